The molecule has 5 nitrogen and oxygen atoms in total. The van der Waals surface area contributed by atoms with Gasteiger partial charge in [0.25, 0.3) is 0 Å². The van der Waals surface area contributed by atoms with Gasteiger partial charge in [-0.2, -0.15) is 0 Å². The Morgan fingerprint density at radius 1 is 1.45 bits per heavy atom. The molecule has 0 saturated carbocycles. The third-order valence-corrected chi connectivity index (χ3v) is 5.37. The monoisotopic (exact) mass is 360 g/mol. The minimum atomic E-state index is -3.61. The molecule has 0 spiro atoms. The summed E-state index contributed by atoms with van der Waals surface area (Å²) >= 11 is 3.23. The first kappa shape index (κ1) is 15.5. The summed E-state index contributed by atoms with van der Waals surface area (Å²) < 4.78 is 25.1. The maximum absolute atomic E-state index is 12.2. The van der Waals surface area contributed by atoms with Crippen LogP contribution in [0.25, 0.3) is 0 Å². The highest BCUT2D eigenvalue weighted by atomic mass is 79.9. The van der Waals surface area contributed by atoms with Gasteiger partial charge in [0.05, 0.1) is 4.90 Å². The Labute approximate surface area is 127 Å². The van der Waals surface area contributed by atoms with Gasteiger partial charge in [-0.05, 0) is 31.0 Å². The number of benzene rings is 1. The molecule has 1 fully saturated rings. The molecule has 2 N–H and O–H groups in total. The van der Waals surface area contributed by atoms with E-state index in [0.29, 0.717) is 17.6 Å². The lowest BCUT2D eigenvalue weighted by Gasteiger charge is -2.30. The van der Waals surface area contributed by atoms with Gasteiger partial charge in [0.15, 0.2) is 9.84 Å². The smallest absolute Gasteiger partial charge is 0.238 e. The molecule has 0 radical (unpaired) electrons. The summed E-state index contributed by atoms with van der Waals surface area (Å²) in [6.45, 7) is 1.02. The van der Waals surface area contributed by atoms with Crippen LogP contribution in [0.5, 0.6) is 0 Å². The number of hydrogen-bond donors (Lipinski definition) is 1. The molecule has 1 aliphatic rings. The van der Waals surface area contributed by atoms with Crippen molar-refractivity contribution >= 4 is 31.7 Å². The molecule has 0 aromatic heterocycles. The molecule has 1 saturated heterocycles. The molecule has 7 heteroatoms. The number of carbonyl (C=O) groups excluding carboxylic acids is 1. The van der Waals surface area contributed by atoms with Gasteiger partial charge < -0.3 is 10.6 Å². The van der Waals surface area contributed by atoms with E-state index in [-0.39, 0.29) is 16.8 Å². The highest BCUT2D eigenvalue weighted by Gasteiger charge is 2.26. The van der Waals surface area contributed by atoms with Crippen LogP contribution in [0.4, 0.5) is 0 Å². The molecule has 1 aromatic rings. The maximum Gasteiger partial charge on any atom is 0.238 e. The van der Waals surface area contributed by atoms with Gasteiger partial charge >= 0.3 is 0 Å². The molecule has 0 bridgehead atoms. The predicted octanol–water partition coefficient (Wildman–Crippen LogP) is 1.17. The van der Waals surface area contributed by atoms with Crippen molar-refractivity contribution in [3.63, 3.8) is 0 Å². The lowest BCUT2D eigenvalue weighted by atomic mass is 10.1. The van der Waals surface area contributed by atoms with Crippen LogP contribution in [0.1, 0.15) is 12.8 Å². The van der Waals surface area contributed by atoms with Crippen LogP contribution in [0, 0.1) is 0 Å². The molecular formula is C13H17BrN2O3S. The van der Waals surface area contributed by atoms with Crippen LogP contribution in [0.2, 0.25) is 0 Å². The number of carbonyl (C=O) groups is 1. The maximum atomic E-state index is 12.2. The second-order valence-electron chi connectivity index (χ2n) is 4.96. The molecule has 0 aliphatic carbocycles. The number of nitrogens with two attached hydrogens (primary N) is 1. The largest absolute Gasteiger partial charge is 0.340 e. The van der Waals surface area contributed by atoms with E-state index < -0.39 is 15.6 Å². The van der Waals surface area contributed by atoms with Gasteiger partial charge in [-0.15, -0.1) is 0 Å². The molecule has 1 unspecified atom stereocenters. The average Bonchev–Trinajstić information content (AvgIpc) is 2.38. The molecule has 110 valence electrons. The number of hydrogen-bond acceptors (Lipinski definition) is 4. The van der Waals surface area contributed by atoms with Crippen molar-refractivity contribution in [3.05, 3.63) is 28.7 Å². The van der Waals surface area contributed by atoms with Crippen molar-refractivity contribution in [1.82, 2.24) is 4.90 Å². The van der Waals surface area contributed by atoms with Gasteiger partial charge in [-0.25, -0.2) is 8.42 Å². The number of piperidine rings is 1. The van der Waals surface area contributed by atoms with Crippen molar-refractivity contribution in [3.8, 4) is 0 Å². The minimum Gasteiger partial charge on any atom is -0.340 e. The van der Waals surface area contributed by atoms with E-state index in [0.717, 1.165) is 12.8 Å². The van der Waals surface area contributed by atoms with Crippen LogP contribution in [-0.4, -0.2) is 44.1 Å². The standard InChI is InChI=1S/C13H17BrN2O3S/c14-10-3-1-5-12(7-10)20(18,19)9-13(17)16-6-2-4-11(15)8-16/h1,3,5,7,11H,2,4,6,8-9,15H2. The lowest BCUT2D eigenvalue weighted by molar-refractivity contribution is -0.129. The van der Waals surface area contributed by atoms with Gasteiger partial charge in [0.2, 0.25) is 5.91 Å². The van der Waals surface area contributed by atoms with Crippen LogP contribution in [-0.2, 0) is 14.6 Å². The van der Waals surface area contributed by atoms with Gasteiger partial charge in [0.1, 0.15) is 5.75 Å². The Hall–Kier alpha value is -0.920. The first-order valence-electron chi connectivity index (χ1n) is 6.40. The fourth-order valence-corrected chi connectivity index (χ4v) is 4.05. The van der Waals surface area contributed by atoms with Crippen LogP contribution >= 0.6 is 15.9 Å². The van der Waals surface area contributed by atoms with Crippen LogP contribution < -0.4 is 5.73 Å². The zero-order chi connectivity index (χ0) is 14.8. The summed E-state index contributed by atoms with van der Waals surface area (Å²) in [5.41, 5.74) is 5.81. The zero-order valence-electron chi connectivity index (χ0n) is 11.0. The highest BCUT2D eigenvalue weighted by molar-refractivity contribution is 9.10. The van der Waals surface area contributed by atoms with Crippen molar-refractivity contribution in [2.75, 3.05) is 18.8 Å². The molecule has 1 amide bonds. The molecule has 1 atom stereocenters. The Morgan fingerprint density at radius 3 is 2.85 bits per heavy atom. The summed E-state index contributed by atoms with van der Waals surface area (Å²) in [6, 6.07) is 6.32. The first-order chi connectivity index (χ1) is 9.38. The molecule has 2 rings (SSSR count). The van der Waals surface area contributed by atoms with Gasteiger partial charge in [-0.1, -0.05) is 22.0 Å². The number of amides is 1. The van der Waals surface area contributed by atoms with E-state index in [1.807, 2.05) is 0 Å². The molecule has 20 heavy (non-hydrogen) atoms. The number of rotatable bonds is 3. The van der Waals surface area contributed by atoms with Gasteiger partial charge in [0, 0.05) is 23.6 Å². The Kier molecular flexibility index (Phi) is 4.82. The Bertz CT molecular complexity index is 603. The number of halogens is 1. The summed E-state index contributed by atoms with van der Waals surface area (Å²) in [5.74, 6) is -0.879. The molecule has 1 aromatic carbocycles. The zero-order valence-corrected chi connectivity index (χ0v) is 13.4. The van der Waals surface area contributed by atoms with E-state index in [2.05, 4.69) is 15.9 Å². The Balaban J connectivity index is 2.10. The van der Waals surface area contributed by atoms with Crippen LogP contribution in [0.3, 0.4) is 0 Å². The summed E-state index contributed by atoms with van der Waals surface area (Å²) in [7, 11) is -3.61. The highest BCUT2D eigenvalue weighted by Crippen LogP contribution is 2.18. The second kappa shape index (κ2) is 6.24. The third-order valence-electron chi connectivity index (χ3n) is 3.28. The topological polar surface area (TPSA) is 80.5 Å². The molecular weight excluding hydrogens is 344 g/mol. The summed E-state index contributed by atoms with van der Waals surface area (Å²) in [4.78, 5) is 13.8. The van der Waals surface area contributed by atoms with Crippen molar-refractivity contribution in [2.45, 2.75) is 23.8 Å². The SMILES string of the molecule is NC1CCCN(C(=O)CS(=O)(=O)c2cccc(Br)c2)C1. The fraction of sp³-hybridized carbons (Fsp3) is 0.462. The summed E-state index contributed by atoms with van der Waals surface area (Å²) in [5, 5.41) is 0. The normalized spacial score (nSPS) is 19.9. The molecule has 1 heterocycles. The van der Waals surface area contributed by atoms with E-state index in [1.54, 1.807) is 17.0 Å². The summed E-state index contributed by atoms with van der Waals surface area (Å²) in [6.07, 6.45) is 1.70. The van der Waals surface area contributed by atoms with E-state index in [9.17, 15) is 13.2 Å². The molecule has 1 aliphatic heterocycles. The van der Waals surface area contributed by atoms with E-state index in [1.165, 1.54) is 12.1 Å². The van der Waals surface area contributed by atoms with E-state index >= 15 is 0 Å². The van der Waals surface area contributed by atoms with Crippen molar-refractivity contribution in [1.29, 1.82) is 0 Å². The number of sulfone groups is 1. The number of nitrogens with zero attached hydrogens (tertiary/aromatic N) is 1. The van der Waals surface area contributed by atoms with Crippen molar-refractivity contribution < 1.29 is 13.2 Å². The Morgan fingerprint density at radius 2 is 2.20 bits per heavy atom. The fourth-order valence-electron chi connectivity index (χ4n) is 2.23. The predicted molar refractivity (Wildman–Crippen MR) is 80.0 cm³/mol. The quantitative estimate of drug-likeness (QED) is 0.877. The van der Waals surface area contributed by atoms with Crippen molar-refractivity contribution in [2.24, 2.45) is 5.73 Å². The third kappa shape index (κ3) is 3.80. The average molecular weight is 361 g/mol. The minimum absolute atomic E-state index is 0.0544. The first-order valence-corrected chi connectivity index (χ1v) is 8.85. The van der Waals surface area contributed by atoms with E-state index in [4.69, 9.17) is 5.73 Å². The lowest BCUT2D eigenvalue weighted by Crippen LogP contribution is -2.47. The van der Waals surface area contributed by atoms with Gasteiger partial charge in [-0.3, -0.25) is 4.79 Å². The second-order valence-corrected chi connectivity index (χ2v) is 7.86. The van der Waals surface area contributed by atoms with Crippen LogP contribution in [0.15, 0.2) is 33.6 Å². The number of likely N-dealkylation sites (tertiary alicyclic amines) is 1.